The molecule has 0 aromatic carbocycles. The third-order valence-electron chi connectivity index (χ3n) is 6.87. The van der Waals surface area contributed by atoms with Crippen LogP contribution >= 0.6 is 0 Å². The van der Waals surface area contributed by atoms with Gasteiger partial charge in [-0.3, -0.25) is 24.0 Å². The summed E-state index contributed by atoms with van der Waals surface area (Å²) in [7, 11) is 1.17. The highest BCUT2D eigenvalue weighted by atomic mass is 16.6. The predicted octanol–water partition coefficient (Wildman–Crippen LogP) is 3.15. The fourth-order valence-corrected chi connectivity index (χ4v) is 4.52. The van der Waals surface area contributed by atoms with Gasteiger partial charge in [0.1, 0.15) is 34.9 Å². The first kappa shape index (κ1) is 50.8. The Labute approximate surface area is 330 Å². The minimum Gasteiger partial charge on any atom is -0.467 e. The lowest BCUT2D eigenvalue weighted by Gasteiger charge is -2.24. The van der Waals surface area contributed by atoms with E-state index in [2.05, 4.69) is 45.1 Å². The van der Waals surface area contributed by atoms with Gasteiger partial charge in [0, 0.05) is 13.0 Å². The van der Waals surface area contributed by atoms with Crippen LogP contribution < -0.4 is 31.9 Å². The van der Waals surface area contributed by atoms with Gasteiger partial charge in [-0.2, -0.15) is 0 Å². The Morgan fingerprint density at radius 2 is 1.04 bits per heavy atom. The lowest BCUT2D eigenvalue weighted by atomic mass is 10.0. The van der Waals surface area contributed by atoms with Gasteiger partial charge in [-0.25, -0.2) is 14.4 Å². The summed E-state index contributed by atoms with van der Waals surface area (Å²) in [4.78, 5) is 102. The molecule has 0 aliphatic heterocycles. The second-order valence-corrected chi connectivity index (χ2v) is 16.4. The van der Waals surface area contributed by atoms with Crippen molar-refractivity contribution >= 4 is 47.8 Å². The van der Waals surface area contributed by atoms with Crippen LogP contribution in [0.1, 0.15) is 115 Å². The van der Waals surface area contributed by atoms with Gasteiger partial charge < -0.3 is 50.8 Å². The molecule has 0 bridgehead atoms. The van der Waals surface area contributed by atoms with Crippen molar-refractivity contribution in [2.24, 2.45) is 5.92 Å². The third-order valence-corrected chi connectivity index (χ3v) is 6.87. The standard InChI is InChI=1S/C38H64N6O12/c1-22(2)21-27(33(50)53-14)43-30(47)24(4)41-32(49)26(18-19-28(45)54-36(5,6)7)42-29(46)23(3)40-31(48)25(44-35(52)56-38(11,12)13)17-15-16-20-39-34(51)55-37(8,9)10/h22,25-27H,3-4,15-21H2,1-2,5-14H3,(H,39,51)(H,40,48)(H,41,49)(H,42,46)(H,43,47)(H,44,52)/t25-,26-,27-/m0/s1. The molecule has 0 aromatic heterocycles. The number of ether oxygens (including phenoxy) is 4. The second-order valence-electron chi connectivity index (χ2n) is 16.4. The maximum atomic E-state index is 13.4. The SMILES string of the molecule is C=C(NC(=O)[C@H](CCCCNC(=O)OC(C)(C)C)NC(=O)OC(C)(C)C)C(=O)N[C@@H](CCC(=O)OC(C)(C)C)C(=O)NC(=C)C(=O)N[C@@H](CC(C)C)C(=O)OC. The van der Waals surface area contributed by atoms with Crippen molar-refractivity contribution in [1.29, 1.82) is 0 Å². The number of alkyl carbamates (subject to hydrolysis) is 2. The molecule has 56 heavy (non-hydrogen) atoms. The van der Waals surface area contributed by atoms with E-state index >= 15 is 0 Å². The van der Waals surface area contributed by atoms with Gasteiger partial charge in [-0.05, 0) is 100 Å². The number of esters is 2. The molecular weight excluding hydrogens is 732 g/mol. The van der Waals surface area contributed by atoms with Gasteiger partial charge in [0.2, 0.25) is 11.8 Å². The smallest absolute Gasteiger partial charge is 0.408 e. The lowest BCUT2D eigenvalue weighted by Crippen LogP contribution is -2.52. The molecule has 0 saturated carbocycles. The number of rotatable bonds is 20. The number of methoxy groups -OCH3 is 1. The molecule has 0 rings (SSSR count). The van der Waals surface area contributed by atoms with E-state index in [1.807, 2.05) is 13.8 Å². The van der Waals surface area contributed by atoms with Crippen LogP contribution in [0.3, 0.4) is 0 Å². The molecule has 0 saturated heterocycles. The van der Waals surface area contributed by atoms with Crippen LogP contribution in [-0.2, 0) is 47.7 Å². The summed E-state index contributed by atoms with van der Waals surface area (Å²) in [5, 5.41) is 14.5. The van der Waals surface area contributed by atoms with E-state index < -0.39 is 94.1 Å². The number of hydrogen-bond donors (Lipinski definition) is 6. The van der Waals surface area contributed by atoms with Gasteiger partial charge in [0.15, 0.2) is 0 Å². The van der Waals surface area contributed by atoms with E-state index in [4.69, 9.17) is 18.9 Å². The minimum absolute atomic E-state index is 0.000204. The summed E-state index contributed by atoms with van der Waals surface area (Å²) in [6, 6.07) is -3.72. The monoisotopic (exact) mass is 796 g/mol. The summed E-state index contributed by atoms with van der Waals surface area (Å²) in [6.07, 6.45) is -1.11. The summed E-state index contributed by atoms with van der Waals surface area (Å²) < 4.78 is 20.6. The molecule has 6 N–H and O–H groups in total. The normalized spacial score (nSPS) is 13.1. The van der Waals surface area contributed by atoms with E-state index in [1.54, 1.807) is 62.3 Å². The molecule has 18 heteroatoms. The van der Waals surface area contributed by atoms with Crippen molar-refractivity contribution < 1.29 is 57.3 Å². The lowest BCUT2D eigenvalue weighted by molar-refractivity contribution is -0.155. The maximum absolute atomic E-state index is 13.4. The van der Waals surface area contributed by atoms with E-state index in [0.29, 0.717) is 12.8 Å². The van der Waals surface area contributed by atoms with Crippen LogP contribution in [0.2, 0.25) is 0 Å². The van der Waals surface area contributed by atoms with E-state index in [1.165, 1.54) is 7.11 Å². The fraction of sp³-hybridized carbons (Fsp3) is 0.684. The molecule has 0 unspecified atom stereocenters. The first-order valence-corrected chi connectivity index (χ1v) is 18.4. The molecule has 0 spiro atoms. The summed E-state index contributed by atoms with van der Waals surface area (Å²) in [5.74, 6) is -5.10. The summed E-state index contributed by atoms with van der Waals surface area (Å²) in [5.41, 5.74) is -3.39. The largest absolute Gasteiger partial charge is 0.467 e. The van der Waals surface area contributed by atoms with Gasteiger partial charge in [0.05, 0.1) is 18.5 Å². The predicted molar refractivity (Wildman–Crippen MR) is 206 cm³/mol. The van der Waals surface area contributed by atoms with E-state index in [0.717, 1.165) is 0 Å². The molecule has 0 aliphatic rings. The van der Waals surface area contributed by atoms with Crippen LogP contribution in [0.15, 0.2) is 24.6 Å². The zero-order valence-electron chi connectivity index (χ0n) is 35.1. The highest BCUT2D eigenvalue weighted by Gasteiger charge is 2.30. The number of amides is 6. The van der Waals surface area contributed by atoms with Crippen molar-refractivity contribution in [1.82, 2.24) is 31.9 Å². The molecule has 0 aliphatic carbocycles. The Bertz CT molecular complexity index is 1440. The Balaban J connectivity index is 5.91. The Morgan fingerprint density at radius 1 is 0.589 bits per heavy atom. The molecule has 0 heterocycles. The fourth-order valence-electron chi connectivity index (χ4n) is 4.52. The van der Waals surface area contributed by atoms with Crippen LogP contribution in [-0.4, -0.2) is 96.3 Å². The molecule has 0 fully saturated rings. The molecular formula is C38H64N6O12. The Morgan fingerprint density at radius 3 is 1.48 bits per heavy atom. The average molecular weight is 797 g/mol. The van der Waals surface area contributed by atoms with Crippen molar-refractivity contribution in [3.63, 3.8) is 0 Å². The molecule has 3 atom stereocenters. The van der Waals surface area contributed by atoms with Crippen LogP contribution in [0.5, 0.6) is 0 Å². The maximum Gasteiger partial charge on any atom is 0.408 e. The Hall–Kier alpha value is -5.16. The molecule has 18 nitrogen and oxygen atoms in total. The van der Waals surface area contributed by atoms with Crippen molar-refractivity contribution in [2.45, 2.75) is 150 Å². The number of carbonyl (C=O) groups is 8. The van der Waals surface area contributed by atoms with Crippen molar-refractivity contribution in [2.75, 3.05) is 13.7 Å². The minimum atomic E-state index is -1.48. The highest BCUT2D eigenvalue weighted by Crippen LogP contribution is 2.13. The first-order valence-electron chi connectivity index (χ1n) is 18.4. The van der Waals surface area contributed by atoms with Crippen LogP contribution in [0, 0.1) is 5.92 Å². The highest BCUT2D eigenvalue weighted by molar-refractivity contribution is 6.03. The Kier molecular flexibility index (Phi) is 20.9. The van der Waals surface area contributed by atoms with Crippen molar-refractivity contribution in [3.8, 4) is 0 Å². The van der Waals surface area contributed by atoms with E-state index in [-0.39, 0.29) is 38.1 Å². The quantitative estimate of drug-likeness (QED) is 0.0451. The van der Waals surface area contributed by atoms with Crippen LogP contribution in [0.25, 0.3) is 0 Å². The summed E-state index contributed by atoms with van der Waals surface area (Å²) >= 11 is 0. The number of nitrogens with one attached hydrogen (secondary N) is 6. The number of hydrogen-bond acceptors (Lipinski definition) is 12. The topological polar surface area (TPSA) is 246 Å². The van der Waals surface area contributed by atoms with Gasteiger partial charge in [0.25, 0.3) is 11.8 Å². The third kappa shape index (κ3) is 23.6. The average Bonchev–Trinajstić information content (AvgIpc) is 3.01. The molecule has 6 amide bonds. The van der Waals surface area contributed by atoms with Gasteiger partial charge >= 0.3 is 24.1 Å². The first-order chi connectivity index (χ1) is 25.5. The molecule has 0 aromatic rings. The second kappa shape index (κ2) is 23.0. The van der Waals surface area contributed by atoms with Gasteiger partial charge in [-0.1, -0.05) is 27.0 Å². The van der Waals surface area contributed by atoms with Gasteiger partial charge in [-0.15, -0.1) is 0 Å². The zero-order chi connectivity index (χ0) is 43.6. The zero-order valence-corrected chi connectivity index (χ0v) is 35.1. The number of carbonyl (C=O) groups excluding carboxylic acids is 8. The molecule has 318 valence electrons. The van der Waals surface area contributed by atoms with E-state index in [9.17, 15) is 38.4 Å². The number of unbranched alkanes of at least 4 members (excludes halogenated alkanes) is 1. The molecule has 0 radical (unpaired) electrons. The summed E-state index contributed by atoms with van der Waals surface area (Å²) in [6.45, 7) is 26.1. The van der Waals surface area contributed by atoms with Crippen LogP contribution in [0.4, 0.5) is 9.59 Å². The van der Waals surface area contributed by atoms with Crippen molar-refractivity contribution in [3.05, 3.63) is 24.6 Å².